The number of amides is 2. The van der Waals surface area contributed by atoms with E-state index < -0.39 is 23.7 Å². The predicted octanol–water partition coefficient (Wildman–Crippen LogP) is 5.59. The fraction of sp³-hybridized carbons (Fsp3) is 0.0455. The molecule has 0 bridgehead atoms. The zero-order valence-electron chi connectivity index (χ0n) is 16.2. The number of nitrogens with one attached hydrogen (secondary N) is 3. The maximum Gasteiger partial charge on any atom is 0.416 e. The highest BCUT2D eigenvalue weighted by molar-refractivity contribution is 6.05. The lowest BCUT2D eigenvalue weighted by molar-refractivity contribution is -0.137. The van der Waals surface area contributed by atoms with E-state index in [1.54, 1.807) is 30.5 Å². The second kappa shape index (κ2) is 8.06. The van der Waals surface area contributed by atoms with Crippen molar-refractivity contribution in [1.82, 2.24) is 9.97 Å². The van der Waals surface area contributed by atoms with Gasteiger partial charge >= 0.3 is 18.2 Å². The van der Waals surface area contributed by atoms with Crippen LogP contribution in [-0.2, 0) is 6.18 Å². The van der Waals surface area contributed by atoms with Crippen molar-refractivity contribution in [3.05, 3.63) is 78.0 Å². The first-order valence-corrected chi connectivity index (χ1v) is 9.28. The van der Waals surface area contributed by atoms with Crippen molar-refractivity contribution < 1.29 is 27.9 Å². The van der Waals surface area contributed by atoms with Gasteiger partial charge in [0.1, 0.15) is 5.65 Å². The number of aromatic nitrogens is 2. The van der Waals surface area contributed by atoms with Crippen LogP contribution < -0.4 is 10.6 Å². The van der Waals surface area contributed by atoms with Crippen LogP contribution in [0.25, 0.3) is 22.3 Å². The predicted molar refractivity (Wildman–Crippen MR) is 113 cm³/mol. The van der Waals surface area contributed by atoms with Crippen molar-refractivity contribution in [3.63, 3.8) is 0 Å². The van der Waals surface area contributed by atoms with E-state index in [9.17, 15) is 22.8 Å². The molecule has 0 aliphatic carbocycles. The molecule has 0 radical (unpaired) electrons. The number of nitrogens with zero attached hydrogens (tertiary/aromatic N) is 1. The number of fused-ring (bicyclic) bond motifs is 1. The van der Waals surface area contributed by atoms with Gasteiger partial charge in [-0.05, 0) is 48.5 Å². The average Bonchev–Trinajstić information content (AvgIpc) is 3.15. The molecule has 2 amide bonds. The number of hydrogen-bond acceptors (Lipinski definition) is 3. The van der Waals surface area contributed by atoms with Gasteiger partial charge in [0.15, 0.2) is 0 Å². The SMILES string of the molecule is O=C(Nc1ccc(C(F)(F)F)cc1)Nc1c[nH]c2nc(-c3ccc(C(=O)O)cc3)ccc12. The Kier molecular flexibility index (Phi) is 5.27. The number of carboxylic acid groups (broad SMARTS) is 1. The van der Waals surface area contributed by atoms with Gasteiger partial charge in [0.2, 0.25) is 0 Å². The first kappa shape index (κ1) is 20.9. The summed E-state index contributed by atoms with van der Waals surface area (Å²) < 4.78 is 37.9. The lowest BCUT2D eigenvalue weighted by Crippen LogP contribution is -2.19. The number of hydrogen-bond donors (Lipinski definition) is 4. The molecule has 0 atom stereocenters. The monoisotopic (exact) mass is 440 g/mol. The topological polar surface area (TPSA) is 107 Å². The van der Waals surface area contributed by atoms with Gasteiger partial charge in [-0.15, -0.1) is 0 Å². The number of benzene rings is 2. The largest absolute Gasteiger partial charge is 0.478 e. The van der Waals surface area contributed by atoms with Crippen LogP contribution in [0.3, 0.4) is 0 Å². The first-order valence-electron chi connectivity index (χ1n) is 9.28. The normalized spacial score (nSPS) is 11.3. The minimum Gasteiger partial charge on any atom is -0.478 e. The second-order valence-corrected chi connectivity index (χ2v) is 6.83. The third-order valence-corrected chi connectivity index (χ3v) is 4.68. The van der Waals surface area contributed by atoms with Crippen LogP contribution in [0.15, 0.2) is 66.9 Å². The van der Waals surface area contributed by atoms with Gasteiger partial charge < -0.3 is 20.7 Å². The van der Waals surface area contributed by atoms with E-state index in [1.165, 1.54) is 24.3 Å². The minimum absolute atomic E-state index is 0.167. The standard InChI is InChI=1S/C22H15F3N4O3/c23-22(24,25)14-5-7-15(8-6-14)27-21(32)29-18-11-26-19-16(18)9-10-17(28-19)12-1-3-13(4-2-12)20(30)31/h1-11H,(H,26,28)(H,30,31)(H2,27,29,32). The number of aromatic amines is 1. The summed E-state index contributed by atoms with van der Waals surface area (Å²) in [6.45, 7) is 0. The molecule has 4 aromatic rings. The number of carbonyl (C=O) groups excluding carboxylic acids is 1. The number of aromatic carboxylic acids is 1. The highest BCUT2D eigenvalue weighted by Gasteiger charge is 2.30. The lowest BCUT2D eigenvalue weighted by atomic mass is 10.1. The maximum absolute atomic E-state index is 12.6. The van der Waals surface area contributed by atoms with E-state index in [-0.39, 0.29) is 11.3 Å². The molecule has 162 valence electrons. The number of pyridine rings is 1. The number of carboxylic acids is 1. The summed E-state index contributed by atoms with van der Waals surface area (Å²) >= 11 is 0. The molecule has 4 N–H and O–H groups in total. The Bertz CT molecular complexity index is 1300. The van der Waals surface area contributed by atoms with E-state index in [0.29, 0.717) is 22.4 Å². The second-order valence-electron chi connectivity index (χ2n) is 6.83. The smallest absolute Gasteiger partial charge is 0.416 e. The van der Waals surface area contributed by atoms with E-state index in [2.05, 4.69) is 20.6 Å². The molecule has 0 aliphatic heterocycles. The Balaban J connectivity index is 1.48. The summed E-state index contributed by atoms with van der Waals surface area (Å²) in [5.74, 6) is -1.02. The van der Waals surface area contributed by atoms with Crippen molar-refractivity contribution >= 4 is 34.4 Å². The van der Waals surface area contributed by atoms with E-state index in [1.807, 2.05) is 0 Å². The van der Waals surface area contributed by atoms with Crippen molar-refractivity contribution in [1.29, 1.82) is 0 Å². The van der Waals surface area contributed by atoms with Crippen molar-refractivity contribution in [2.45, 2.75) is 6.18 Å². The van der Waals surface area contributed by atoms with E-state index >= 15 is 0 Å². The molecule has 0 aliphatic rings. The van der Waals surface area contributed by atoms with Gasteiger partial charge in [-0.3, -0.25) is 0 Å². The van der Waals surface area contributed by atoms with Crippen molar-refractivity contribution in [2.75, 3.05) is 10.6 Å². The number of halogens is 3. The van der Waals surface area contributed by atoms with Crippen LogP contribution in [0.4, 0.5) is 29.3 Å². The zero-order valence-corrected chi connectivity index (χ0v) is 16.2. The van der Waals surface area contributed by atoms with Gasteiger partial charge in [0, 0.05) is 22.8 Å². The molecule has 0 saturated heterocycles. The van der Waals surface area contributed by atoms with Crippen molar-refractivity contribution in [3.8, 4) is 11.3 Å². The number of carbonyl (C=O) groups is 2. The maximum atomic E-state index is 12.6. The molecule has 0 saturated carbocycles. The summed E-state index contributed by atoms with van der Waals surface area (Å²) in [6.07, 6.45) is -2.91. The zero-order chi connectivity index (χ0) is 22.9. The molecular formula is C22H15F3N4O3. The Hall–Kier alpha value is -4.34. The summed E-state index contributed by atoms with van der Waals surface area (Å²) in [7, 11) is 0. The quantitative estimate of drug-likeness (QED) is 0.332. The molecule has 0 fully saturated rings. The van der Waals surface area contributed by atoms with E-state index in [0.717, 1.165) is 17.7 Å². The Morgan fingerprint density at radius 1 is 0.906 bits per heavy atom. The van der Waals surface area contributed by atoms with Crippen LogP contribution in [0.2, 0.25) is 0 Å². The molecule has 2 heterocycles. The molecule has 0 unspecified atom stereocenters. The van der Waals surface area contributed by atoms with Gasteiger partial charge in [0.25, 0.3) is 0 Å². The Morgan fingerprint density at radius 2 is 1.59 bits per heavy atom. The van der Waals surface area contributed by atoms with E-state index in [4.69, 9.17) is 5.11 Å². The fourth-order valence-electron chi connectivity index (χ4n) is 3.08. The summed E-state index contributed by atoms with van der Waals surface area (Å²) in [5.41, 5.74) is 1.83. The minimum atomic E-state index is -4.45. The summed E-state index contributed by atoms with van der Waals surface area (Å²) in [4.78, 5) is 30.7. The van der Waals surface area contributed by atoms with Gasteiger partial charge in [-0.2, -0.15) is 13.2 Å². The molecular weight excluding hydrogens is 425 g/mol. The fourth-order valence-corrected chi connectivity index (χ4v) is 3.08. The summed E-state index contributed by atoms with van der Waals surface area (Å²) in [6, 6.07) is 13.2. The highest BCUT2D eigenvalue weighted by atomic mass is 19.4. The molecule has 32 heavy (non-hydrogen) atoms. The molecule has 4 rings (SSSR count). The summed E-state index contributed by atoms with van der Waals surface area (Å²) in [5, 5.41) is 14.7. The molecule has 0 spiro atoms. The highest BCUT2D eigenvalue weighted by Crippen LogP contribution is 2.30. The van der Waals surface area contributed by atoms with Crippen LogP contribution in [0.5, 0.6) is 0 Å². The van der Waals surface area contributed by atoms with Gasteiger partial charge in [-0.1, -0.05) is 12.1 Å². The van der Waals surface area contributed by atoms with Crippen LogP contribution in [0, 0.1) is 0 Å². The first-order chi connectivity index (χ1) is 15.2. The number of urea groups is 1. The Morgan fingerprint density at radius 3 is 2.22 bits per heavy atom. The van der Waals surface area contributed by atoms with Crippen molar-refractivity contribution in [2.24, 2.45) is 0 Å². The van der Waals surface area contributed by atoms with Gasteiger partial charge in [0.05, 0.1) is 22.5 Å². The average molecular weight is 440 g/mol. The third kappa shape index (κ3) is 4.38. The van der Waals surface area contributed by atoms with Crippen LogP contribution >= 0.6 is 0 Å². The lowest BCUT2D eigenvalue weighted by Gasteiger charge is -2.09. The molecule has 7 nitrogen and oxygen atoms in total. The van der Waals surface area contributed by atoms with Crippen LogP contribution in [0.1, 0.15) is 15.9 Å². The van der Waals surface area contributed by atoms with Gasteiger partial charge in [-0.25, -0.2) is 14.6 Å². The van der Waals surface area contributed by atoms with Crippen LogP contribution in [-0.4, -0.2) is 27.1 Å². The number of rotatable bonds is 4. The molecule has 10 heteroatoms. The number of anilines is 2. The third-order valence-electron chi connectivity index (χ3n) is 4.68. The Labute approximate surface area is 178 Å². The molecule has 2 aromatic carbocycles. The number of H-pyrrole nitrogens is 1. The number of alkyl halides is 3. The molecule has 2 aromatic heterocycles.